The van der Waals surface area contributed by atoms with Gasteiger partial charge in [-0.2, -0.15) is 0 Å². The van der Waals surface area contributed by atoms with Crippen molar-refractivity contribution in [2.24, 2.45) is 0 Å². The normalized spacial score (nSPS) is 27.0. The van der Waals surface area contributed by atoms with Crippen LogP contribution in [0.1, 0.15) is 0 Å². The molecule has 0 saturated heterocycles. The smallest absolute Gasteiger partial charge is 0.138 e. The van der Waals surface area contributed by atoms with Gasteiger partial charge in [0.2, 0.25) is 0 Å². The van der Waals surface area contributed by atoms with Crippen molar-refractivity contribution in [1.29, 1.82) is 0 Å². The standard InChI is InChI=1S/C16H18N2O4/c19-11-7-3-1-5-9(11)17-13-15(21)14(16(13)22)18-10-6-2-4-8-12(10)20/h1-8,13-22H. The summed E-state index contributed by atoms with van der Waals surface area (Å²) >= 11 is 0. The lowest BCUT2D eigenvalue weighted by Gasteiger charge is -2.47. The van der Waals surface area contributed by atoms with E-state index in [-0.39, 0.29) is 11.5 Å². The predicted octanol–water partition coefficient (Wildman–Crippen LogP) is 1.09. The van der Waals surface area contributed by atoms with Gasteiger partial charge in [-0.3, -0.25) is 0 Å². The Labute approximate surface area is 127 Å². The van der Waals surface area contributed by atoms with Crippen LogP contribution in [-0.4, -0.2) is 44.7 Å². The molecule has 6 N–H and O–H groups in total. The van der Waals surface area contributed by atoms with Gasteiger partial charge in [-0.05, 0) is 24.3 Å². The number of hydrogen-bond acceptors (Lipinski definition) is 6. The number of nitrogens with one attached hydrogen (secondary N) is 2. The van der Waals surface area contributed by atoms with Crippen LogP contribution in [0.15, 0.2) is 48.5 Å². The van der Waals surface area contributed by atoms with E-state index in [4.69, 9.17) is 0 Å². The van der Waals surface area contributed by atoms with Gasteiger partial charge in [0.15, 0.2) is 0 Å². The van der Waals surface area contributed by atoms with Crippen molar-refractivity contribution >= 4 is 11.4 Å². The molecule has 1 aliphatic carbocycles. The lowest BCUT2D eigenvalue weighted by Crippen LogP contribution is -2.69. The van der Waals surface area contributed by atoms with Crippen LogP contribution in [-0.2, 0) is 0 Å². The summed E-state index contributed by atoms with van der Waals surface area (Å²) < 4.78 is 0. The molecule has 0 aromatic heterocycles. The fraction of sp³-hybridized carbons (Fsp3) is 0.250. The molecule has 116 valence electrons. The van der Waals surface area contributed by atoms with E-state index in [2.05, 4.69) is 10.6 Å². The topological polar surface area (TPSA) is 105 Å². The monoisotopic (exact) mass is 302 g/mol. The Bertz CT molecular complexity index is 599. The fourth-order valence-electron chi connectivity index (χ4n) is 2.60. The number of phenols is 2. The first-order valence-electron chi connectivity index (χ1n) is 7.03. The van der Waals surface area contributed by atoms with Crippen molar-refractivity contribution in [2.75, 3.05) is 10.6 Å². The van der Waals surface area contributed by atoms with Crippen LogP contribution in [0.3, 0.4) is 0 Å². The van der Waals surface area contributed by atoms with Crippen molar-refractivity contribution in [2.45, 2.75) is 24.3 Å². The summed E-state index contributed by atoms with van der Waals surface area (Å²) in [5, 5.41) is 45.7. The van der Waals surface area contributed by atoms with E-state index in [9.17, 15) is 20.4 Å². The molecule has 3 rings (SSSR count). The van der Waals surface area contributed by atoms with Crippen LogP contribution in [0.25, 0.3) is 0 Å². The van der Waals surface area contributed by atoms with Crippen molar-refractivity contribution in [3.05, 3.63) is 48.5 Å². The first-order valence-corrected chi connectivity index (χ1v) is 7.03. The Hall–Kier alpha value is -2.44. The first kappa shape index (κ1) is 14.5. The summed E-state index contributed by atoms with van der Waals surface area (Å²) in [6, 6.07) is 12.1. The minimum absolute atomic E-state index is 0.0546. The zero-order valence-electron chi connectivity index (χ0n) is 11.7. The van der Waals surface area contributed by atoms with Gasteiger partial charge in [-0.25, -0.2) is 0 Å². The van der Waals surface area contributed by atoms with Crippen LogP contribution >= 0.6 is 0 Å². The molecule has 1 saturated carbocycles. The molecular weight excluding hydrogens is 284 g/mol. The van der Waals surface area contributed by atoms with E-state index in [1.165, 1.54) is 12.1 Å². The second-order valence-electron chi connectivity index (χ2n) is 5.36. The number of phenolic OH excluding ortho intramolecular Hbond substituents is 2. The second-order valence-corrected chi connectivity index (χ2v) is 5.36. The number of para-hydroxylation sites is 4. The summed E-state index contributed by atoms with van der Waals surface area (Å²) in [5.41, 5.74) is 0.901. The lowest BCUT2D eigenvalue weighted by molar-refractivity contribution is -0.0538. The van der Waals surface area contributed by atoms with Crippen LogP contribution < -0.4 is 10.6 Å². The SMILES string of the molecule is Oc1ccccc1NC1C(O)C(Nc2ccccc2O)C1O. The van der Waals surface area contributed by atoms with E-state index in [1.807, 2.05) is 0 Å². The zero-order chi connectivity index (χ0) is 15.7. The number of aliphatic hydroxyl groups is 2. The molecule has 0 bridgehead atoms. The molecule has 0 unspecified atom stereocenters. The Balaban J connectivity index is 1.67. The maximum Gasteiger partial charge on any atom is 0.138 e. The van der Waals surface area contributed by atoms with Crippen LogP contribution in [0.4, 0.5) is 11.4 Å². The Morgan fingerprint density at radius 1 is 0.636 bits per heavy atom. The first-order chi connectivity index (χ1) is 10.6. The van der Waals surface area contributed by atoms with E-state index in [0.717, 1.165) is 0 Å². The Morgan fingerprint density at radius 3 is 1.36 bits per heavy atom. The molecular formula is C16H18N2O4. The van der Waals surface area contributed by atoms with E-state index < -0.39 is 24.3 Å². The number of hydrogen-bond donors (Lipinski definition) is 6. The number of anilines is 2. The van der Waals surface area contributed by atoms with Gasteiger partial charge >= 0.3 is 0 Å². The summed E-state index contributed by atoms with van der Waals surface area (Å²) in [5.74, 6) is 0.109. The molecule has 0 aliphatic heterocycles. The minimum Gasteiger partial charge on any atom is -0.506 e. The van der Waals surface area contributed by atoms with Gasteiger partial charge in [0.05, 0.1) is 35.7 Å². The van der Waals surface area contributed by atoms with E-state index in [0.29, 0.717) is 11.4 Å². The molecule has 0 spiro atoms. The molecule has 22 heavy (non-hydrogen) atoms. The maximum atomic E-state index is 10.2. The minimum atomic E-state index is -0.866. The van der Waals surface area contributed by atoms with Crippen LogP contribution in [0, 0.1) is 0 Å². The molecule has 1 aliphatic rings. The fourth-order valence-corrected chi connectivity index (χ4v) is 2.60. The highest BCUT2D eigenvalue weighted by molar-refractivity contribution is 5.59. The number of aromatic hydroxyl groups is 2. The highest BCUT2D eigenvalue weighted by atomic mass is 16.3. The molecule has 2 aromatic carbocycles. The second kappa shape index (κ2) is 5.75. The summed E-state index contributed by atoms with van der Waals surface area (Å²) in [6.07, 6.45) is -1.73. The lowest BCUT2D eigenvalue weighted by atomic mass is 9.79. The number of aliphatic hydroxyl groups excluding tert-OH is 2. The molecule has 0 atom stereocenters. The Morgan fingerprint density at radius 2 is 1.00 bits per heavy atom. The van der Waals surface area contributed by atoms with Crippen molar-refractivity contribution in [1.82, 2.24) is 0 Å². The molecule has 2 aromatic rings. The van der Waals surface area contributed by atoms with Crippen molar-refractivity contribution < 1.29 is 20.4 Å². The molecule has 0 heterocycles. The van der Waals surface area contributed by atoms with Crippen molar-refractivity contribution in [3.8, 4) is 11.5 Å². The molecule has 0 amide bonds. The summed E-state index contributed by atoms with van der Waals surface area (Å²) in [6.45, 7) is 0. The van der Waals surface area contributed by atoms with E-state index in [1.54, 1.807) is 36.4 Å². The largest absolute Gasteiger partial charge is 0.506 e. The third-order valence-electron chi connectivity index (χ3n) is 3.92. The molecule has 0 radical (unpaired) electrons. The van der Waals surface area contributed by atoms with Gasteiger partial charge in [0.1, 0.15) is 11.5 Å². The van der Waals surface area contributed by atoms with E-state index >= 15 is 0 Å². The quantitative estimate of drug-likeness (QED) is 0.472. The van der Waals surface area contributed by atoms with Crippen molar-refractivity contribution in [3.63, 3.8) is 0 Å². The third-order valence-corrected chi connectivity index (χ3v) is 3.92. The van der Waals surface area contributed by atoms with Crippen LogP contribution in [0.5, 0.6) is 11.5 Å². The van der Waals surface area contributed by atoms with Gasteiger partial charge in [-0.15, -0.1) is 0 Å². The average Bonchev–Trinajstić information content (AvgIpc) is 2.53. The van der Waals surface area contributed by atoms with Gasteiger partial charge in [0, 0.05) is 0 Å². The zero-order valence-corrected chi connectivity index (χ0v) is 11.7. The maximum absolute atomic E-state index is 10.2. The van der Waals surface area contributed by atoms with Gasteiger partial charge in [-0.1, -0.05) is 24.3 Å². The Kier molecular flexibility index (Phi) is 3.79. The molecule has 1 fully saturated rings. The summed E-state index contributed by atoms with van der Waals surface area (Å²) in [7, 11) is 0. The van der Waals surface area contributed by atoms with Gasteiger partial charge < -0.3 is 31.1 Å². The van der Waals surface area contributed by atoms with Crippen LogP contribution in [0.2, 0.25) is 0 Å². The van der Waals surface area contributed by atoms with Gasteiger partial charge in [0.25, 0.3) is 0 Å². The molecule has 6 heteroatoms. The molecule has 6 nitrogen and oxygen atoms in total. The highest BCUT2D eigenvalue weighted by Gasteiger charge is 2.49. The number of benzene rings is 2. The summed E-state index contributed by atoms with van der Waals surface area (Å²) in [4.78, 5) is 0. The number of rotatable bonds is 4. The average molecular weight is 302 g/mol. The third kappa shape index (κ3) is 2.54. The highest BCUT2D eigenvalue weighted by Crippen LogP contribution is 2.33. The predicted molar refractivity (Wildman–Crippen MR) is 83.0 cm³/mol.